The van der Waals surface area contributed by atoms with Crippen LogP contribution in [0.4, 0.5) is 0 Å². The zero-order valence-corrected chi connectivity index (χ0v) is 12.1. The minimum atomic E-state index is 0.177. The number of rotatable bonds is 7. The quantitative estimate of drug-likeness (QED) is 0.671. The van der Waals surface area contributed by atoms with Gasteiger partial charge in [-0.3, -0.25) is 4.90 Å². The van der Waals surface area contributed by atoms with Gasteiger partial charge in [0, 0.05) is 24.7 Å². The Bertz CT molecular complexity index is 201. The van der Waals surface area contributed by atoms with E-state index >= 15 is 0 Å². The molecule has 0 aliphatic carbocycles. The second-order valence-corrected chi connectivity index (χ2v) is 5.92. The highest BCUT2D eigenvalue weighted by atomic mass is 15.1. The van der Waals surface area contributed by atoms with Crippen molar-refractivity contribution < 1.29 is 0 Å². The van der Waals surface area contributed by atoms with Crippen LogP contribution in [0.2, 0.25) is 0 Å². The molecule has 0 amide bonds. The third-order valence-electron chi connectivity index (χ3n) is 2.54. The fourth-order valence-electron chi connectivity index (χ4n) is 1.54. The van der Waals surface area contributed by atoms with E-state index in [-0.39, 0.29) is 5.54 Å². The minimum absolute atomic E-state index is 0.177. The largest absolute Gasteiger partial charge is 0.308 e. The molecular weight excluding hydrogens is 196 g/mol. The normalized spacial score (nSPS) is 12.5. The van der Waals surface area contributed by atoms with E-state index in [1.54, 1.807) is 0 Å². The molecule has 0 aliphatic heterocycles. The molecular formula is C14H30N2. The van der Waals surface area contributed by atoms with Crippen molar-refractivity contribution in [3.05, 3.63) is 12.2 Å². The van der Waals surface area contributed by atoms with Gasteiger partial charge in [0.05, 0.1) is 0 Å². The first-order valence-corrected chi connectivity index (χ1v) is 6.42. The lowest BCUT2D eigenvalue weighted by molar-refractivity contribution is 0.238. The fourth-order valence-corrected chi connectivity index (χ4v) is 1.54. The first-order valence-electron chi connectivity index (χ1n) is 6.42. The average Bonchev–Trinajstić information content (AvgIpc) is 2.13. The Kier molecular flexibility index (Phi) is 6.93. The zero-order valence-electron chi connectivity index (χ0n) is 12.1. The standard InChI is InChI=1S/C14H30N2/c1-8-9-16(12(2)3)11-13(4)10-15-14(5,6)7/h12,15H,4,8-11H2,1-3,5-7H3. The molecule has 16 heavy (non-hydrogen) atoms. The van der Waals surface area contributed by atoms with Crippen molar-refractivity contribution in [2.24, 2.45) is 0 Å². The van der Waals surface area contributed by atoms with Crippen LogP contribution in [0.15, 0.2) is 12.2 Å². The maximum atomic E-state index is 4.16. The number of nitrogens with one attached hydrogen (secondary N) is 1. The van der Waals surface area contributed by atoms with E-state index in [0.717, 1.165) is 19.6 Å². The topological polar surface area (TPSA) is 15.3 Å². The maximum absolute atomic E-state index is 4.16. The van der Waals surface area contributed by atoms with Gasteiger partial charge >= 0.3 is 0 Å². The van der Waals surface area contributed by atoms with Gasteiger partial charge in [-0.1, -0.05) is 13.5 Å². The molecule has 0 unspecified atom stereocenters. The molecule has 2 nitrogen and oxygen atoms in total. The van der Waals surface area contributed by atoms with Gasteiger partial charge in [-0.05, 0) is 53.2 Å². The second-order valence-electron chi connectivity index (χ2n) is 5.92. The summed E-state index contributed by atoms with van der Waals surface area (Å²) in [5, 5.41) is 3.48. The van der Waals surface area contributed by atoms with Gasteiger partial charge in [-0.15, -0.1) is 0 Å². The lowest BCUT2D eigenvalue weighted by Crippen LogP contribution is -2.40. The van der Waals surface area contributed by atoms with Crippen LogP contribution in [-0.2, 0) is 0 Å². The Morgan fingerprint density at radius 3 is 2.25 bits per heavy atom. The van der Waals surface area contributed by atoms with Crippen LogP contribution in [0, 0.1) is 0 Å². The van der Waals surface area contributed by atoms with E-state index in [0.29, 0.717) is 6.04 Å². The molecule has 0 radical (unpaired) electrons. The van der Waals surface area contributed by atoms with Gasteiger partial charge in [0.25, 0.3) is 0 Å². The second kappa shape index (κ2) is 7.08. The van der Waals surface area contributed by atoms with Crippen LogP contribution in [0.5, 0.6) is 0 Å². The van der Waals surface area contributed by atoms with Gasteiger partial charge in [-0.2, -0.15) is 0 Å². The molecule has 2 heteroatoms. The van der Waals surface area contributed by atoms with E-state index in [4.69, 9.17) is 0 Å². The van der Waals surface area contributed by atoms with Crippen LogP contribution < -0.4 is 5.32 Å². The predicted octanol–water partition coefficient (Wildman–Crippen LogP) is 3.05. The summed E-state index contributed by atoms with van der Waals surface area (Å²) in [4.78, 5) is 2.48. The van der Waals surface area contributed by atoms with Crippen molar-refractivity contribution in [1.29, 1.82) is 0 Å². The molecule has 0 atom stereocenters. The Morgan fingerprint density at radius 1 is 1.31 bits per heavy atom. The Labute approximate surface area is 102 Å². The Hall–Kier alpha value is -0.340. The minimum Gasteiger partial charge on any atom is -0.308 e. The molecule has 0 saturated heterocycles. The van der Waals surface area contributed by atoms with Crippen molar-refractivity contribution in [2.75, 3.05) is 19.6 Å². The van der Waals surface area contributed by atoms with Crippen LogP contribution in [0.1, 0.15) is 48.0 Å². The molecule has 0 rings (SSSR count). The van der Waals surface area contributed by atoms with E-state index < -0.39 is 0 Å². The van der Waals surface area contributed by atoms with Crippen molar-refractivity contribution in [3.8, 4) is 0 Å². The highest BCUT2D eigenvalue weighted by molar-refractivity contribution is 5.01. The summed E-state index contributed by atoms with van der Waals surface area (Å²) in [6.07, 6.45) is 1.21. The van der Waals surface area contributed by atoms with Crippen LogP contribution in [0.3, 0.4) is 0 Å². The smallest absolute Gasteiger partial charge is 0.0205 e. The van der Waals surface area contributed by atoms with E-state index in [9.17, 15) is 0 Å². The highest BCUT2D eigenvalue weighted by Crippen LogP contribution is 2.05. The molecule has 96 valence electrons. The molecule has 1 N–H and O–H groups in total. The summed E-state index contributed by atoms with van der Waals surface area (Å²) >= 11 is 0. The Morgan fingerprint density at radius 2 is 1.88 bits per heavy atom. The monoisotopic (exact) mass is 226 g/mol. The van der Waals surface area contributed by atoms with Gasteiger partial charge in [0.15, 0.2) is 0 Å². The lowest BCUT2D eigenvalue weighted by atomic mass is 10.1. The third-order valence-corrected chi connectivity index (χ3v) is 2.54. The summed E-state index contributed by atoms with van der Waals surface area (Å²) in [5.74, 6) is 0. The molecule has 0 heterocycles. The molecule has 0 aliphatic rings. The molecule has 0 aromatic heterocycles. The molecule has 0 spiro atoms. The van der Waals surface area contributed by atoms with Crippen LogP contribution >= 0.6 is 0 Å². The first-order chi connectivity index (χ1) is 7.26. The molecule has 0 saturated carbocycles. The SMILES string of the molecule is C=C(CNC(C)(C)C)CN(CCC)C(C)C. The zero-order chi connectivity index (χ0) is 12.8. The molecule has 0 bridgehead atoms. The van der Waals surface area contributed by atoms with Gasteiger partial charge in [-0.25, -0.2) is 0 Å². The number of hydrogen-bond acceptors (Lipinski definition) is 2. The van der Waals surface area contributed by atoms with E-state index in [1.165, 1.54) is 12.0 Å². The Balaban J connectivity index is 4.00. The summed E-state index contributed by atoms with van der Waals surface area (Å²) in [7, 11) is 0. The van der Waals surface area contributed by atoms with Crippen molar-refractivity contribution in [3.63, 3.8) is 0 Å². The summed E-state index contributed by atoms with van der Waals surface area (Å²) in [5.41, 5.74) is 1.45. The fraction of sp³-hybridized carbons (Fsp3) is 0.857. The van der Waals surface area contributed by atoms with Crippen molar-refractivity contribution in [1.82, 2.24) is 10.2 Å². The molecule has 0 aromatic rings. The number of hydrogen-bond donors (Lipinski definition) is 1. The number of nitrogens with zero attached hydrogens (tertiary/aromatic N) is 1. The summed E-state index contributed by atoms with van der Waals surface area (Å²) in [6, 6.07) is 0.603. The summed E-state index contributed by atoms with van der Waals surface area (Å²) < 4.78 is 0. The predicted molar refractivity (Wildman–Crippen MR) is 73.9 cm³/mol. The lowest BCUT2D eigenvalue weighted by Gasteiger charge is -2.28. The van der Waals surface area contributed by atoms with Crippen LogP contribution in [-0.4, -0.2) is 36.1 Å². The average molecular weight is 226 g/mol. The van der Waals surface area contributed by atoms with E-state index in [2.05, 4.69) is 58.3 Å². The van der Waals surface area contributed by atoms with Gasteiger partial charge in [0.2, 0.25) is 0 Å². The van der Waals surface area contributed by atoms with Gasteiger partial charge < -0.3 is 5.32 Å². The van der Waals surface area contributed by atoms with Crippen LogP contribution in [0.25, 0.3) is 0 Å². The summed E-state index contributed by atoms with van der Waals surface area (Å²) in [6.45, 7) is 20.5. The molecule has 0 fully saturated rings. The highest BCUT2D eigenvalue weighted by Gasteiger charge is 2.12. The van der Waals surface area contributed by atoms with E-state index in [1.807, 2.05) is 0 Å². The maximum Gasteiger partial charge on any atom is 0.0205 e. The molecule has 0 aromatic carbocycles. The van der Waals surface area contributed by atoms with Crippen molar-refractivity contribution >= 4 is 0 Å². The van der Waals surface area contributed by atoms with Crippen molar-refractivity contribution in [2.45, 2.75) is 59.5 Å². The first kappa shape index (κ1) is 15.7. The third kappa shape index (κ3) is 7.89. The van der Waals surface area contributed by atoms with Gasteiger partial charge in [0.1, 0.15) is 0 Å².